The number of aromatic nitrogens is 2. The van der Waals surface area contributed by atoms with E-state index in [4.69, 9.17) is 10.5 Å². The Labute approximate surface area is 123 Å². The number of anilines is 2. The summed E-state index contributed by atoms with van der Waals surface area (Å²) >= 11 is 0. The number of benzene rings is 1. The highest BCUT2D eigenvalue weighted by molar-refractivity contribution is 5.92. The third kappa shape index (κ3) is 3.59. The second-order valence-corrected chi connectivity index (χ2v) is 5.35. The van der Waals surface area contributed by atoms with E-state index in [9.17, 15) is 4.79 Å². The summed E-state index contributed by atoms with van der Waals surface area (Å²) in [7, 11) is 1.38. The van der Waals surface area contributed by atoms with Crippen molar-refractivity contribution in [2.75, 3.05) is 18.2 Å². The van der Waals surface area contributed by atoms with Crippen LogP contribution in [0.2, 0.25) is 0 Å². The van der Waals surface area contributed by atoms with Crippen LogP contribution in [0.4, 0.5) is 11.5 Å². The van der Waals surface area contributed by atoms with E-state index in [0.29, 0.717) is 23.8 Å². The molecule has 2 rings (SSSR count). The fraction of sp³-hybridized carbons (Fsp3) is 0.400. The smallest absolute Gasteiger partial charge is 0.328 e. The number of esters is 1. The molecule has 1 atom stereocenters. The Hall–Kier alpha value is -2.37. The van der Waals surface area contributed by atoms with Crippen molar-refractivity contribution in [3.63, 3.8) is 0 Å². The van der Waals surface area contributed by atoms with Gasteiger partial charge in [0.2, 0.25) is 0 Å². The SMILES string of the molecule is COC(=O)C(CC(C)C)Nc1ncnc2ccc(N)cc12. The van der Waals surface area contributed by atoms with Crippen molar-refractivity contribution in [2.45, 2.75) is 26.3 Å². The molecule has 0 bridgehead atoms. The summed E-state index contributed by atoms with van der Waals surface area (Å²) in [6.07, 6.45) is 2.12. The zero-order valence-corrected chi connectivity index (χ0v) is 12.5. The molecule has 0 spiro atoms. The minimum Gasteiger partial charge on any atom is -0.467 e. The molecular weight excluding hydrogens is 268 g/mol. The van der Waals surface area contributed by atoms with Gasteiger partial charge in [-0.2, -0.15) is 0 Å². The number of carbonyl (C=O) groups is 1. The predicted molar refractivity (Wildman–Crippen MR) is 82.8 cm³/mol. The number of nitrogen functional groups attached to an aromatic ring is 1. The molecule has 6 nitrogen and oxygen atoms in total. The third-order valence-corrected chi connectivity index (χ3v) is 3.16. The third-order valence-electron chi connectivity index (χ3n) is 3.16. The van der Waals surface area contributed by atoms with Gasteiger partial charge in [-0.25, -0.2) is 14.8 Å². The summed E-state index contributed by atoms with van der Waals surface area (Å²) in [5, 5.41) is 3.94. The number of fused-ring (bicyclic) bond motifs is 1. The lowest BCUT2D eigenvalue weighted by Crippen LogP contribution is -2.32. The molecule has 1 unspecified atom stereocenters. The highest BCUT2D eigenvalue weighted by atomic mass is 16.5. The van der Waals surface area contributed by atoms with Crippen LogP contribution >= 0.6 is 0 Å². The van der Waals surface area contributed by atoms with E-state index in [2.05, 4.69) is 15.3 Å². The highest BCUT2D eigenvalue weighted by Crippen LogP contribution is 2.23. The van der Waals surface area contributed by atoms with Crippen LogP contribution in [-0.2, 0) is 9.53 Å². The molecule has 2 aromatic rings. The van der Waals surface area contributed by atoms with Gasteiger partial charge >= 0.3 is 5.97 Å². The van der Waals surface area contributed by atoms with Crippen molar-refractivity contribution >= 4 is 28.4 Å². The van der Waals surface area contributed by atoms with Crippen LogP contribution < -0.4 is 11.1 Å². The van der Waals surface area contributed by atoms with Crippen LogP contribution in [0.3, 0.4) is 0 Å². The normalized spacial score (nSPS) is 12.4. The van der Waals surface area contributed by atoms with Gasteiger partial charge in [0.05, 0.1) is 12.6 Å². The van der Waals surface area contributed by atoms with E-state index in [1.807, 2.05) is 19.9 Å². The van der Waals surface area contributed by atoms with Gasteiger partial charge in [0.1, 0.15) is 18.2 Å². The maximum absolute atomic E-state index is 11.9. The predicted octanol–water partition coefficient (Wildman–Crippen LogP) is 2.21. The molecule has 3 N–H and O–H groups in total. The highest BCUT2D eigenvalue weighted by Gasteiger charge is 2.21. The maximum Gasteiger partial charge on any atom is 0.328 e. The molecule has 0 saturated heterocycles. The van der Waals surface area contributed by atoms with E-state index in [0.717, 1.165) is 10.9 Å². The molecule has 1 heterocycles. The van der Waals surface area contributed by atoms with Crippen molar-refractivity contribution in [3.8, 4) is 0 Å². The number of ether oxygens (including phenoxy) is 1. The Balaban J connectivity index is 2.36. The lowest BCUT2D eigenvalue weighted by atomic mass is 10.0. The molecule has 0 aliphatic rings. The molecule has 112 valence electrons. The van der Waals surface area contributed by atoms with Crippen LogP contribution in [0.25, 0.3) is 10.9 Å². The Morgan fingerprint density at radius 2 is 2.14 bits per heavy atom. The van der Waals surface area contributed by atoms with Gasteiger partial charge in [0.25, 0.3) is 0 Å². The summed E-state index contributed by atoms with van der Waals surface area (Å²) in [5.74, 6) is 0.627. The topological polar surface area (TPSA) is 90.1 Å². The first-order valence-corrected chi connectivity index (χ1v) is 6.86. The van der Waals surface area contributed by atoms with Crippen molar-refractivity contribution in [1.29, 1.82) is 0 Å². The first-order chi connectivity index (χ1) is 10.0. The van der Waals surface area contributed by atoms with Crippen LogP contribution in [0, 0.1) is 5.92 Å². The monoisotopic (exact) mass is 288 g/mol. The fourth-order valence-electron chi connectivity index (χ4n) is 2.18. The Kier molecular flexibility index (Phi) is 4.57. The summed E-state index contributed by atoms with van der Waals surface area (Å²) < 4.78 is 4.85. The van der Waals surface area contributed by atoms with Crippen molar-refractivity contribution in [2.24, 2.45) is 5.92 Å². The second kappa shape index (κ2) is 6.39. The van der Waals surface area contributed by atoms with Crippen LogP contribution in [0.1, 0.15) is 20.3 Å². The summed E-state index contributed by atoms with van der Waals surface area (Å²) in [6.45, 7) is 4.10. The first kappa shape index (κ1) is 15.0. The molecule has 0 saturated carbocycles. The van der Waals surface area contributed by atoms with E-state index < -0.39 is 6.04 Å². The standard InChI is InChI=1S/C15H20N4O2/c1-9(2)6-13(15(20)21-3)19-14-11-7-10(16)4-5-12(11)17-8-18-14/h4-5,7-9,13H,6,16H2,1-3H3,(H,17,18,19). The minimum absolute atomic E-state index is 0.306. The minimum atomic E-state index is -0.450. The van der Waals surface area contributed by atoms with Crippen molar-refractivity contribution in [1.82, 2.24) is 9.97 Å². The molecule has 0 radical (unpaired) electrons. The van der Waals surface area contributed by atoms with Crippen molar-refractivity contribution in [3.05, 3.63) is 24.5 Å². The molecular formula is C15H20N4O2. The Morgan fingerprint density at radius 3 is 2.81 bits per heavy atom. The molecule has 1 aromatic heterocycles. The first-order valence-electron chi connectivity index (χ1n) is 6.86. The number of hydrogen-bond donors (Lipinski definition) is 2. The molecule has 1 aromatic carbocycles. The number of methoxy groups -OCH3 is 1. The quantitative estimate of drug-likeness (QED) is 0.647. The molecule has 0 fully saturated rings. The lowest BCUT2D eigenvalue weighted by molar-refractivity contribution is -0.141. The Bertz CT molecular complexity index is 643. The number of carbonyl (C=O) groups excluding carboxylic acids is 1. The number of nitrogens with two attached hydrogens (primary N) is 1. The number of hydrogen-bond acceptors (Lipinski definition) is 6. The summed E-state index contributed by atoms with van der Waals surface area (Å²) in [6, 6.07) is 4.95. The van der Waals surface area contributed by atoms with Gasteiger partial charge in [-0.3, -0.25) is 0 Å². The second-order valence-electron chi connectivity index (χ2n) is 5.35. The fourth-order valence-corrected chi connectivity index (χ4v) is 2.18. The van der Waals surface area contributed by atoms with E-state index in [1.54, 1.807) is 12.1 Å². The summed E-state index contributed by atoms with van der Waals surface area (Å²) in [4.78, 5) is 20.3. The van der Waals surface area contributed by atoms with Gasteiger partial charge in [0, 0.05) is 11.1 Å². The Morgan fingerprint density at radius 1 is 1.38 bits per heavy atom. The molecule has 6 heteroatoms. The molecule has 0 aliphatic heterocycles. The zero-order valence-electron chi connectivity index (χ0n) is 12.5. The molecule has 0 aliphatic carbocycles. The van der Waals surface area contributed by atoms with Crippen molar-refractivity contribution < 1.29 is 9.53 Å². The maximum atomic E-state index is 11.9. The van der Waals surface area contributed by atoms with E-state index in [1.165, 1.54) is 13.4 Å². The molecule has 0 amide bonds. The molecule has 21 heavy (non-hydrogen) atoms. The number of nitrogens with one attached hydrogen (secondary N) is 1. The average Bonchev–Trinajstić information content (AvgIpc) is 2.45. The number of rotatable bonds is 5. The van der Waals surface area contributed by atoms with E-state index >= 15 is 0 Å². The van der Waals surface area contributed by atoms with Crippen LogP contribution in [0.5, 0.6) is 0 Å². The van der Waals surface area contributed by atoms with Gasteiger partial charge in [0.15, 0.2) is 0 Å². The van der Waals surface area contributed by atoms with Gasteiger partial charge in [-0.1, -0.05) is 13.8 Å². The zero-order chi connectivity index (χ0) is 15.4. The lowest BCUT2D eigenvalue weighted by Gasteiger charge is -2.19. The van der Waals surface area contributed by atoms with Crippen LogP contribution in [0.15, 0.2) is 24.5 Å². The number of nitrogens with zero attached hydrogens (tertiary/aromatic N) is 2. The van der Waals surface area contributed by atoms with Gasteiger partial charge in [-0.15, -0.1) is 0 Å². The van der Waals surface area contributed by atoms with E-state index in [-0.39, 0.29) is 5.97 Å². The average molecular weight is 288 g/mol. The largest absolute Gasteiger partial charge is 0.467 e. The van der Waals surface area contributed by atoms with Gasteiger partial charge < -0.3 is 15.8 Å². The van der Waals surface area contributed by atoms with Crippen LogP contribution in [-0.4, -0.2) is 29.1 Å². The van der Waals surface area contributed by atoms with Gasteiger partial charge in [-0.05, 0) is 30.5 Å². The summed E-state index contributed by atoms with van der Waals surface area (Å²) in [5.41, 5.74) is 7.21.